The van der Waals surface area contributed by atoms with E-state index in [1.165, 1.54) is 6.07 Å². The van der Waals surface area contributed by atoms with Crippen LogP contribution in [0.5, 0.6) is 0 Å². The van der Waals surface area contributed by atoms with Gasteiger partial charge in [0.2, 0.25) is 11.8 Å². The third-order valence-electron chi connectivity index (χ3n) is 4.06. The zero-order chi connectivity index (χ0) is 18.8. The molecule has 0 radical (unpaired) electrons. The monoisotopic (exact) mass is 375 g/mol. The molecule has 26 heavy (non-hydrogen) atoms. The number of aryl methyl sites for hydroxylation is 1. The lowest BCUT2D eigenvalue weighted by Crippen LogP contribution is -2.58. The Hall–Kier alpha value is -2.93. The SMILES string of the molecule is Cc1ccccc1NC(=O)C1CNC(=O)N(c2ccc(F)c(Cl)c2)C1=O. The standard InChI is InChI=1S/C18H15ClFN3O3/c1-10-4-2-3-5-15(10)22-16(24)12-9-21-18(26)23(17(12)25)11-6-7-14(20)13(19)8-11/h2-8,12H,9H2,1H3,(H,21,26)(H,22,24). The van der Waals surface area contributed by atoms with E-state index < -0.39 is 29.6 Å². The number of para-hydroxylation sites is 1. The number of halogens is 2. The van der Waals surface area contributed by atoms with Crippen LogP contribution in [-0.2, 0) is 9.59 Å². The highest BCUT2D eigenvalue weighted by atomic mass is 35.5. The molecular weight excluding hydrogens is 361 g/mol. The van der Waals surface area contributed by atoms with Crippen molar-refractivity contribution < 1.29 is 18.8 Å². The van der Waals surface area contributed by atoms with Gasteiger partial charge in [0.25, 0.3) is 0 Å². The largest absolute Gasteiger partial charge is 0.336 e. The number of nitrogens with zero attached hydrogens (tertiary/aromatic N) is 1. The number of hydrogen-bond donors (Lipinski definition) is 2. The topological polar surface area (TPSA) is 78.5 Å². The Balaban J connectivity index is 1.84. The van der Waals surface area contributed by atoms with Crippen molar-refractivity contribution in [3.8, 4) is 0 Å². The zero-order valence-electron chi connectivity index (χ0n) is 13.8. The molecule has 1 heterocycles. The molecule has 1 atom stereocenters. The first-order chi connectivity index (χ1) is 12.4. The number of amides is 4. The molecule has 2 N–H and O–H groups in total. The van der Waals surface area contributed by atoms with Gasteiger partial charge in [0, 0.05) is 12.2 Å². The lowest BCUT2D eigenvalue weighted by atomic mass is 10.0. The quantitative estimate of drug-likeness (QED) is 0.809. The number of nitrogens with one attached hydrogen (secondary N) is 2. The molecule has 0 spiro atoms. The summed E-state index contributed by atoms with van der Waals surface area (Å²) in [4.78, 5) is 38.2. The fourth-order valence-corrected chi connectivity index (χ4v) is 2.79. The van der Waals surface area contributed by atoms with E-state index >= 15 is 0 Å². The van der Waals surface area contributed by atoms with Gasteiger partial charge in [-0.05, 0) is 36.8 Å². The van der Waals surface area contributed by atoms with Gasteiger partial charge in [-0.25, -0.2) is 14.1 Å². The Morgan fingerprint density at radius 1 is 1.27 bits per heavy atom. The number of carbonyl (C=O) groups excluding carboxylic acids is 3. The number of carbonyl (C=O) groups is 3. The smallest absolute Gasteiger partial charge is 0.328 e. The fraction of sp³-hybridized carbons (Fsp3) is 0.167. The van der Waals surface area contributed by atoms with Gasteiger partial charge in [-0.1, -0.05) is 29.8 Å². The number of rotatable bonds is 3. The van der Waals surface area contributed by atoms with E-state index in [-0.39, 0.29) is 17.3 Å². The maximum atomic E-state index is 13.3. The molecule has 1 aliphatic rings. The van der Waals surface area contributed by atoms with Gasteiger partial charge < -0.3 is 10.6 Å². The van der Waals surface area contributed by atoms with Crippen LogP contribution in [0.25, 0.3) is 0 Å². The van der Waals surface area contributed by atoms with Gasteiger partial charge in [-0.3, -0.25) is 9.59 Å². The number of hydrogen-bond acceptors (Lipinski definition) is 3. The average molecular weight is 376 g/mol. The van der Waals surface area contributed by atoms with Crippen molar-refractivity contribution in [2.24, 2.45) is 5.92 Å². The second-order valence-corrected chi connectivity index (χ2v) is 6.22. The third-order valence-corrected chi connectivity index (χ3v) is 4.35. The highest BCUT2D eigenvalue weighted by molar-refractivity contribution is 6.31. The van der Waals surface area contributed by atoms with Crippen LogP contribution < -0.4 is 15.5 Å². The molecule has 0 aliphatic carbocycles. The molecule has 2 aromatic carbocycles. The summed E-state index contributed by atoms with van der Waals surface area (Å²) < 4.78 is 13.3. The van der Waals surface area contributed by atoms with Crippen LogP contribution in [0.4, 0.5) is 20.6 Å². The van der Waals surface area contributed by atoms with Crippen LogP contribution in [-0.4, -0.2) is 24.4 Å². The molecule has 1 aliphatic heterocycles. The Morgan fingerprint density at radius 3 is 2.69 bits per heavy atom. The minimum absolute atomic E-state index is 0.0901. The van der Waals surface area contributed by atoms with Gasteiger partial charge in [-0.15, -0.1) is 0 Å². The summed E-state index contributed by atoms with van der Waals surface area (Å²) in [6.07, 6.45) is 0. The maximum absolute atomic E-state index is 13.3. The average Bonchev–Trinajstić information content (AvgIpc) is 2.60. The number of urea groups is 1. The summed E-state index contributed by atoms with van der Waals surface area (Å²) in [5.74, 6) is -3.03. The van der Waals surface area contributed by atoms with Gasteiger partial charge in [0.1, 0.15) is 11.7 Å². The Morgan fingerprint density at radius 2 is 2.00 bits per heavy atom. The number of imide groups is 1. The van der Waals surface area contributed by atoms with Crippen molar-refractivity contribution >= 4 is 40.8 Å². The van der Waals surface area contributed by atoms with E-state index in [4.69, 9.17) is 11.6 Å². The Kier molecular flexibility index (Phi) is 4.90. The second kappa shape index (κ2) is 7.13. The molecule has 0 bridgehead atoms. The number of anilines is 2. The number of benzene rings is 2. The molecule has 0 aromatic heterocycles. The van der Waals surface area contributed by atoms with E-state index in [0.29, 0.717) is 5.69 Å². The molecule has 2 aromatic rings. The Bertz CT molecular complexity index is 903. The molecule has 1 saturated heterocycles. The highest BCUT2D eigenvalue weighted by Gasteiger charge is 2.39. The molecule has 6 nitrogen and oxygen atoms in total. The lowest BCUT2D eigenvalue weighted by Gasteiger charge is -2.30. The maximum Gasteiger partial charge on any atom is 0.328 e. The molecule has 0 saturated carbocycles. The minimum Gasteiger partial charge on any atom is -0.336 e. The van der Waals surface area contributed by atoms with Crippen molar-refractivity contribution in [3.63, 3.8) is 0 Å². The first-order valence-corrected chi connectivity index (χ1v) is 8.19. The van der Waals surface area contributed by atoms with Crippen molar-refractivity contribution in [1.29, 1.82) is 0 Å². The molecule has 3 rings (SSSR count). The van der Waals surface area contributed by atoms with E-state index in [1.54, 1.807) is 12.1 Å². The van der Waals surface area contributed by atoms with Crippen molar-refractivity contribution in [1.82, 2.24) is 5.32 Å². The van der Waals surface area contributed by atoms with Crippen LogP contribution >= 0.6 is 11.6 Å². The van der Waals surface area contributed by atoms with Crippen molar-refractivity contribution in [2.45, 2.75) is 6.92 Å². The molecule has 1 fully saturated rings. The predicted octanol–water partition coefficient (Wildman–Crippen LogP) is 3.10. The molecular formula is C18H15ClFN3O3. The summed E-state index contributed by atoms with van der Waals surface area (Å²) in [6, 6.07) is 9.91. The predicted molar refractivity (Wildman–Crippen MR) is 95.6 cm³/mol. The van der Waals surface area contributed by atoms with Crippen molar-refractivity contribution in [2.75, 3.05) is 16.8 Å². The summed E-state index contributed by atoms with van der Waals surface area (Å²) in [5.41, 5.74) is 1.51. The van der Waals surface area contributed by atoms with Crippen LogP contribution in [0.15, 0.2) is 42.5 Å². The van der Waals surface area contributed by atoms with Crippen LogP contribution in [0.2, 0.25) is 5.02 Å². The minimum atomic E-state index is -1.11. The summed E-state index contributed by atoms with van der Waals surface area (Å²) in [6.45, 7) is 1.70. The van der Waals surface area contributed by atoms with Crippen molar-refractivity contribution in [3.05, 3.63) is 58.9 Å². The van der Waals surface area contributed by atoms with E-state index in [2.05, 4.69) is 10.6 Å². The van der Waals surface area contributed by atoms with E-state index in [0.717, 1.165) is 22.6 Å². The fourth-order valence-electron chi connectivity index (χ4n) is 2.62. The van der Waals surface area contributed by atoms with Crippen LogP contribution in [0, 0.1) is 18.7 Å². The first-order valence-electron chi connectivity index (χ1n) is 7.82. The van der Waals surface area contributed by atoms with E-state index in [9.17, 15) is 18.8 Å². The third kappa shape index (κ3) is 3.39. The lowest BCUT2D eigenvalue weighted by molar-refractivity contribution is -0.130. The van der Waals surface area contributed by atoms with Gasteiger partial charge in [0.15, 0.2) is 0 Å². The summed E-state index contributed by atoms with van der Waals surface area (Å²) in [5, 5.41) is 4.96. The van der Waals surface area contributed by atoms with Gasteiger partial charge >= 0.3 is 6.03 Å². The summed E-state index contributed by atoms with van der Waals surface area (Å²) in [7, 11) is 0. The molecule has 4 amide bonds. The van der Waals surface area contributed by atoms with Gasteiger partial charge in [-0.2, -0.15) is 0 Å². The normalized spacial score (nSPS) is 17.0. The molecule has 8 heteroatoms. The zero-order valence-corrected chi connectivity index (χ0v) is 14.5. The second-order valence-electron chi connectivity index (χ2n) is 5.81. The van der Waals surface area contributed by atoms with Crippen LogP contribution in [0.3, 0.4) is 0 Å². The molecule has 1 unspecified atom stereocenters. The Labute approximate surface area is 153 Å². The summed E-state index contributed by atoms with van der Waals surface area (Å²) >= 11 is 5.73. The molecule has 134 valence electrons. The first kappa shape index (κ1) is 17.9. The van der Waals surface area contributed by atoms with Gasteiger partial charge in [0.05, 0.1) is 10.7 Å². The highest BCUT2D eigenvalue weighted by Crippen LogP contribution is 2.26. The van der Waals surface area contributed by atoms with Crippen LogP contribution in [0.1, 0.15) is 5.56 Å². The van der Waals surface area contributed by atoms with E-state index in [1.807, 2.05) is 19.1 Å².